The number of carbonyl (C=O) groups is 1. The van der Waals surface area contributed by atoms with Gasteiger partial charge in [0.2, 0.25) is 5.91 Å². The maximum absolute atomic E-state index is 13.1. The van der Waals surface area contributed by atoms with Crippen LogP contribution in [0.3, 0.4) is 0 Å². The van der Waals surface area contributed by atoms with Crippen LogP contribution in [0.2, 0.25) is 0 Å². The van der Waals surface area contributed by atoms with Crippen molar-refractivity contribution in [2.24, 2.45) is 0 Å². The lowest BCUT2D eigenvalue weighted by molar-refractivity contribution is -0.122. The molecule has 4 aromatic rings. The topological polar surface area (TPSA) is 109 Å². The number of aryl methyl sites for hydroxylation is 1. The van der Waals surface area contributed by atoms with Crippen molar-refractivity contribution in [1.29, 1.82) is 0 Å². The molecular weight excluding hydrogens is 450 g/mol. The fourth-order valence-electron chi connectivity index (χ4n) is 4.02. The standard InChI is InChI=1S/C25H25N5O5/c1-15(18-6-9-22-23(12-18)35-11-10-34-22)26-24(31)14-29-25(32)21-13-20(28-30(21)16(2)27-29)17-4-7-19(33-3)8-5-17/h4-9,12-13,15H,10-11,14H2,1-3H3,(H,26,31)/t15-/m0/s1. The number of ether oxygens (including phenoxy) is 3. The van der Waals surface area contributed by atoms with Gasteiger partial charge < -0.3 is 19.5 Å². The first-order valence-corrected chi connectivity index (χ1v) is 11.2. The number of nitrogens with zero attached hydrogens (tertiary/aromatic N) is 4. The smallest absolute Gasteiger partial charge is 0.293 e. The average molecular weight is 476 g/mol. The van der Waals surface area contributed by atoms with Crippen LogP contribution in [-0.2, 0) is 11.3 Å². The maximum atomic E-state index is 13.1. The summed E-state index contributed by atoms with van der Waals surface area (Å²) in [6.45, 7) is 4.40. The van der Waals surface area contributed by atoms with E-state index in [4.69, 9.17) is 14.2 Å². The Balaban J connectivity index is 1.35. The molecule has 1 aliphatic heterocycles. The number of rotatable bonds is 6. The zero-order chi connectivity index (χ0) is 24.5. The summed E-state index contributed by atoms with van der Waals surface area (Å²) in [5.41, 5.74) is 2.28. The predicted octanol–water partition coefficient (Wildman–Crippen LogP) is 2.52. The van der Waals surface area contributed by atoms with Crippen LogP contribution in [0.1, 0.15) is 24.4 Å². The Labute approximate surface area is 201 Å². The number of benzene rings is 2. The minimum absolute atomic E-state index is 0.214. The third-order valence-corrected chi connectivity index (χ3v) is 5.86. The van der Waals surface area contributed by atoms with E-state index >= 15 is 0 Å². The van der Waals surface area contributed by atoms with Gasteiger partial charge in [0.15, 0.2) is 11.5 Å². The Morgan fingerprint density at radius 2 is 1.83 bits per heavy atom. The summed E-state index contributed by atoms with van der Waals surface area (Å²) in [6.07, 6.45) is 0. The fourth-order valence-corrected chi connectivity index (χ4v) is 4.02. The van der Waals surface area contributed by atoms with Crippen molar-refractivity contribution in [2.45, 2.75) is 26.4 Å². The van der Waals surface area contributed by atoms with Crippen LogP contribution < -0.4 is 25.1 Å². The maximum Gasteiger partial charge on any atom is 0.293 e. The number of hydrogen-bond acceptors (Lipinski definition) is 7. The van der Waals surface area contributed by atoms with Gasteiger partial charge in [-0.05, 0) is 61.9 Å². The van der Waals surface area contributed by atoms with E-state index in [9.17, 15) is 9.59 Å². The molecule has 0 bridgehead atoms. The van der Waals surface area contributed by atoms with Gasteiger partial charge in [-0.3, -0.25) is 9.59 Å². The van der Waals surface area contributed by atoms with E-state index in [1.165, 1.54) is 4.52 Å². The SMILES string of the molecule is COc1ccc(-c2cc3c(=O)n(CC(=O)N[C@@H](C)c4ccc5c(c4)OCCO5)nc(C)n3n2)cc1. The van der Waals surface area contributed by atoms with Gasteiger partial charge in [-0.1, -0.05) is 6.07 Å². The van der Waals surface area contributed by atoms with Crippen LogP contribution in [0.15, 0.2) is 53.3 Å². The Hall–Kier alpha value is -4.34. The minimum Gasteiger partial charge on any atom is -0.497 e. The fraction of sp³-hybridized carbons (Fsp3) is 0.280. The van der Waals surface area contributed by atoms with E-state index in [0.29, 0.717) is 41.7 Å². The van der Waals surface area contributed by atoms with Crippen molar-refractivity contribution in [3.05, 3.63) is 70.3 Å². The summed E-state index contributed by atoms with van der Waals surface area (Å²) >= 11 is 0. The second-order valence-corrected chi connectivity index (χ2v) is 8.26. The van der Waals surface area contributed by atoms with E-state index in [1.54, 1.807) is 20.1 Å². The molecule has 0 saturated carbocycles. The molecule has 1 amide bonds. The molecule has 1 aliphatic rings. The largest absolute Gasteiger partial charge is 0.497 e. The van der Waals surface area contributed by atoms with Crippen molar-refractivity contribution in [1.82, 2.24) is 24.7 Å². The van der Waals surface area contributed by atoms with Gasteiger partial charge in [-0.2, -0.15) is 10.2 Å². The summed E-state index contributed by atoms with van der Waals surface area (Å²) < 4.78 is 19.0. The highest BCUT2D eigenvalue weighted by atomic mass is 16.6. The Morgan fingerprint density at radius 3 is 2.57 bits per heavy atom. The molecule has 2 aromatic heterocycles. The van der Waals surface area contributed by atoms with Crippen LogP contribution in [0.25, 0.3) is 16.8 Å². The molecule has 3 heterocycles. The van der Waals surface area contributed by atoms with Gasteiger partial charge in [0, 0.05) is 5.56 Å². The van der Waals surface area contributed by atoms with Crippen molar-refractivity contribution < 1.29 is 19.0 Å². The van der Waals surface area contributed by atoms with Gasteiger partial charge in [0.05, 0.1) is 18.8 Å². The number of hydrogen-bond donors (Lipinski definition) is 1. The number of fused-ring (bicyclic) bond motifs is 2. The highest BCUT2D eigenvalue weighted by Crippen LogP contribution is 2.32. The quantitative estimate of drug-likeness (QED) is 0.456. The minimum atomic E-state index is -0.398. The molecule has 0 saturated heterocycles. The molecule has 5 rings (SSSR count). The van der Waals surface area contributed by atoms with E-state index in [-0.39, 0.29) is 18.5 Å². The van der Waals surface area contributed by atoms with Crippen molar-refractivity contribution in [2.75, 3.05) is 20.3 Å². The summed E-state index contributed by atoms with van der Waals surface area (Å²) in [5.74, 6) is 2.23. The van der Waals surface area contributed by atoms with Crippen LogP contribution in [-0.4, -0.2) is 45.6 Å². The third-order valence-electron chi connectivity index (χ3n) is 5.86. The van der Waals surface area contributed by atoms with Crippen LogP contribution in [0, 0.1) is 6.92 Å². The van der Waals surface area contributed by atoms with E-state index < -0.39 is 5.56 Å². The zero-order valence-electron chi connectivity index (χ0n) is 19.6. The number of nitrogens with one attached hydrogen (secondary N) is 1. The first-order valence-electron chi connectivity index (χ1n) is 11.2. The molecule has 0 spiro atoms. The van der Waals surface area contributed by atoms with E-state index in [0.717, 1.165) is 21.6 Å². The Kier molecular flexibility index (Phi) is 5.86. The van der Waals surface area contributed by atoms with Gasteiger partial charge in [-0.25, -0.2) is 9.20 Å². The van der Waals surface area contributed by atoms with Crippen molar-refractivity contribution >= 4 is 11.4 Å². The van der Waals surface area contributed by atoms with Gasteiger partial charge in [0.25, 0.3) is 5.56 Å². The number of aromatic nitrogens is 4. The highest BCUT2D eigenvalue weighted by molar-refractivity contribution is 5.76. The van der Waals surface area contributed by atoms with Crippen molar-refractivity contribution in [3.63, 3.8) is 0 Å². The number of carbonyl (C=O) groups excluding carboxylic acids is 1. The van der Waals surface area contributed by atoms with Gasteiger partial charge in [-0.15, -0.1) is 0 Å². The van der Waals surface area contributed by atoms with Crippen LogP contribution in [0.4, 0.5) is 0 Å². The molecule has 0 aliphatic carbocycles. The first-order chi connectivity index (χ1) is 16.9. The van der Waals surface area contributed by atoms with E-state index in [2.05, 4.69) is 15.5 Å². The Bertz CT molecular complexity index is 1460. The lowest BCUT2D eigenvalue weighted by Gasteiger charge is -2.21. The monoisotopic (exact) mass is 475 g/mol. The van der Waals surface area contributed by atoms with Crippen LogP contribution >= 0.6 is 0 Å². The second kappa shape index (κ2) is 9.13. The molecule has 0 unspecified atom stereocenters. The molecule has 180 valence electrons. The third kappa shape index (κ3) is 4.42. The van der Waals surface area contributed by atoms with Crippen molar-refractivity contribution in [3.8, 4) is 28.5 Å². The molecule has 10 heteroatoms. The molecular formula is C25H25N5O5. The zero-order valence-corrected chi connectivity index (χ0v) is 19.6. The molecule has 0 radical (unpaired) electrons. The average Bonchev–Trinajstić information content (AvgIpc) is 3.33. The van der Waals surface area contributed by atoms with Gasteiger partial charge >= 0.3 is 0 Å². The number of methoxy groups -OCH3 is 1. The first kappa shape index (κ1) is 22.5. The summed E-state index contributed by atoms with van der Waals surface area (Å²) in [6, 6.07) is 14.4. The lowest BCUT2D eigenvalue weighted by atomic mass is 10.1. The highest BCUT2D eigenvalue weighted by Gasteiger charge is 2.18. The molecule has 2 aromatic carbocycles. The second-order valence-electron chi connectivity index (χ2n) is 8.26. The number of amides is 1. The summed E-state index contributed by atoms with van der Waals surface area (Å²) in [7, 11) is 1.60. The molecule has 1 atom stereocenters. The molecule has 35 heavy (non-hydrogen) atoms. The summed E-state index contributed by atoms with van der Waals surface area (Å²) in [5, 5.41) is 11.7. The lowest BCUT2D eigenvalue weighted by Crippen LogP contribution is -2.36. The van der Waals surface area contributed by atoms with Crippen LogP contribution in [0.5, 0.6) is 17.2 Å². The molecule has 0 fully saturated rings. The summed E-state index contributed by atoms with van der Waals surface area (Å²) in [4.78, 5) is 25.9. The Morgan fingerprint density at radius 1 is 1.09 bits per heavy atom. The molecule has 10 nitrogen and oxygen atoms in total. The van der Waals surface area contributed by atoms with Gasteiger partial charge in [0.1, 0.15) is 36.8 Å². The predicted molar refractivity (Wildman–Crippen MR) is 128 cm³/mol. The molecule has 1 N–H and O–H groups in total. The van der Waals surface area contributed by atoms with E-state index in [1.807, 2.05) is 49.4 Å². The normalized spacial score (nSPS) is 13.5.